The number of hydrogen-bond donors (Lipinski definition) is 1. The minimum Gasteiger partial charge on any atom is -0.497 e. The molecule has 0 aliphatic rings. The van der Waals surface area contributed by atoms with E-state index in [0.717, 1.165) is 34.9 Å². The number of nitrogens with one attached hydrogen (secondary N) is 1. The maximum Gasteiger partial charge on any atom is 0.244 e. The van der Waals surface area contributed by atoms with E-state index in [0.29, 0.717) is 0 Å². The fraction of sp³-hybridized carbons (Fsp3) is 0.316. The van der Waals surface area contributed by atoms with E-state index in [1.165, 1.54) is 0 Å². The smallest absolute Gasteiger partial charge is 0.244 e. The molecule has 0 radical (unpaired) electrons. The van der Waals surface area contributed by atoms with Gasteiger partial charge in [0, 0.05) is 12.1 Å². The quantitative estimate of drug-likeness (QED) is 0.813. The van der Waals surface area contributed by atoms with Crippen molar-refractivity contribution < 1.29 is 9.53 Å². The number of hydrogen-bond acceptors (Lipinski definition) is 2. The van der Waals surface area contributed by atoms with E-state index in [2.05, 4.69) is 25.2 Å². The van der Waals surface area contributed by atoms with Gasteiger partial charge in [0.2, 0.25) is 5.91 Å². The van der Waals surface area contributed by atoms with Crippen LogP contribution in [0.15, 0.2) is 42.5 Å². The number of rotatable bonds is 6. The van der Waals surface area contributed by atoms with Crippen LogP contribution in [0.3, 0.4) is 0 Å². The second-order valence-electron chi connectivity index (χ2n) is 5.33. The fourth-order valence-electron chi connectivity index (χ4n) is 2.39. The van der Waals surface area contributed by atoms with Crippen molar-refractivity contribution in [1.82, 2.24) is 5.32 Å². The summed E-state index contributed by atoms with van der Waals surface area (Å²) in [5, 5.41) is 5.25. The monoisotopic (exact) mass is 297 g/mol. The number of ether oxygens (including phenoxy) is 1. The lowest BCUT2D eigenvalue weighted by Crippen LogP contribution is -2.32. The summed E-state index contributed by atoms with van der Waals surface area (Å²) in [5.41, 5.74) is 1.01. The summed E-state index contributed by atoms with van der Waals surface area (Å²) >= 11 is 0. The van der Waals surface area contributed by atoms with Crippen LogP contribution < -0.4 is 10.1 Å². The van der Waals surface area contributed by atoms with Gasteiger partial charge in [-0.1, -0.05) is 32.0 Å². The Labute approximate surface area is 132 Å². The van der Waals surface area contributed by atoms with Crippen molar-refractivity contribution in [3.63, 3.8) is 0 Å². The van der Waals surface area contributed by atoms with Crippen LogP contribution >= 0.6 is 0 Å². The molecule has 0 aliphatic heterocycles. The van der Waals surface area contributed by atoms with Gasteiger partial charge < -0.3 is 10.1 Å². The van der Waals surface area contributed by atoms with Crippen LogP contribution in [0.2, 0.25) is 0 Å². The lowest BCUT2D eigenvalue weighted by Gasteiger charge is -2.12. The van der Waals surface area contributed by atoms with E-state index in [4.69, 9.17) is 4.74 Å². The van der Waals surface area contributed by atoms with Crippen molar-refractivity contribution in [2.45, 2.75) is 32.7 Å². The van der Waals surface area contributed by atoms with E-state index in [-0.39, 0.29) is 11.9 Å². The standard InChI is InChI=1S/C19H23NO2/c1-4-17(5-2)20-19(21)11-7-14-6-8-16-13-18(22-3)10-9-15(16)12-14/h6-13,17H,4-5H2,1-3H3,(H,20,21)/b11-7+. The summed E-state index contributed by atoms with van der Waals surface area (Å²) in [7, 11) is 1.66. The molecular weight excluding hydrogens is 274 g/mol. The Morgan fingerprint density at radius 3 is 2.50 bits per heavy atom. The van der Waals surface area contributed by atoms with Crippen molar-refractivity contribution in [2.75, 3.05) is 7.11 Å². The Kier molecular flexibility index (Phi) is 5.59. The summed E-state index contributed by atoms with van der Waals surface area (Å²) in [6.45, 7) is 4.16. The second-order valence-corrected chi connectivity index (χ2v) is 5.33. The van der Waals surface area contributed by atoms with E-state index in [1.54, 1.807) is 13.2 Å². The molecule has 2 rings (SSSR count). The van der Waals surface area contributed by atoms with E-state index in [1.807, 2.05) is 36.4 Å². The van der Waals surface area contributed by atoms with E-state index >= 15 is 0 Å². The van der Waals surface area contributed by atoms with Gasteiger partial charge in [-0.05, 0) is 53.5 Å². The van der Waals surface area contributed by atoms with Crippen molar-refractivity contribution in [1.29, 1.82) is 0 Å². The summed E-state index contributed by atoms with van der Waals surface area (Å²) in [5.74, 6) is 0.809. The van der Waals surface area contributed by atoms with Gasteiger partial charge in [-0.15, -0.1) is 0 Å². The molecule has 2 aromatic carbocycles. The molecule has 0 aliphatic carbocycles. The number of carbonyl (C=O) groups is 1. The molecule has 3 nitrogen and oxygen atoms in total. The molecule has 0 saturated carbocycles. The number of carbonyl (C=O) groups excluding carboxylic acids is 1. The predicted octanol–water partition coefficient (Wildman–Crippen LogP) is 4.17. The fourth-order valence-corrected chi connectivity index (χ4v) is 2.39. The number of benzene rings is 2. The first-order valence-electron chi connectivity index (χ1n) is 7.72. The molecule has 22 heavy (non-hydrogen) atoms. The maximum absolute atomic E-state index is 11.9. The van der Waals surface area contributed by atoms with Crippen LogP contribution in [0.4, 0.5) is 0 Å². The average Bonchev–Trinajstić information content (AvgIpc) is 2.57. The summed E-state index contributed by atoms with van der Waals surface area (Å²) < 4.78 is 5.22. The molecule has 0 bridgehead atoms. The molecule has 0 unspecified atom stereocenters. The molecule has 0 saturated heterocycles. The maximum atomic E-state index is 11.9. The normalized spacial score (nSPS) is 11.3. The van der Waals surface area contributed by atoms with Crippen LogP contribution in [0.5, 0.6) is 5.75 Å². The SMILES string of the molecule is CCC(CC)NC(=O)/C=C/c1ccc2cc(OC)ccc2c1. The van der Waals surface area contributed by atoms with Gasteiger partial charge >= 0.3 is 0 Å². The van der Waals surface area contributed by atoms with Crippen molar-refractivity contribution >= 4 is 22.8 Å². The van der Waals surface area contributed by atoms with E-state index in [9.17, 15) is 4.79 Å². The molecule has 3 heteroatoms. The van der Waals surface area contributed by atoms with Gasteiger partial charge in [-0.25, -0.2) is 0 Å². The van der Waals surface area contributed by atoms with Crippen LogP contribution in [0, 0.1) is 0 Å². The third-order valence-electron chi connectivity index (χ3n) is 3.83. The largest absolute Gasteiger partial charge is 0.497 e. The Morgan fingerprint density at radius 2 is 1.82 bits per heavy atom. The molecule has 0 aromatic heterocycles. The Morgan fingerprint density at radius 1 is 1.14 bits per heavy atom. The highest BCUT2D eigenvalue weighted by molar-refractivity contribution is 5.93. The molecule has 1 amide bonds. The first-order chi connectivity index (χ1) is 10.7. The Hall–Kier alpha value is -2.29. The third-order valence-corrected chi connectivity index (χ3v) is 3.83. The first-order valence-corrected chi connectivity index (χ1v) is 7.72. The second kappa shape index (κ2) is 7.64. The Bertz CT molecular complexity index is 672. The molecule has 1 N–H and O–H groups in total. The third kappa shape index (κ3) is 4.10. The predicted molar refractivity (Wildman–Crippen MR) is 92.0 cm³/mol. The molecular formula is C19H23NO2. The van der Waals surface area contributed by atoms with Crippen molar-refractivity contribution in [2.24, 2.45) is 0 Å². The Balaban J connectivity index is 2.11. The summed E-state index contributed by atoms with van der Waals surface area (Å²) in [6, 6.07) is 12.3. The van der Waals surface area contributed by atoms with Gasteiger partial charge in [-0.3, -0.25) is 4.79 Å². The minimum atomic E-state index is -0.0384. The van der Waals surface area contributed by atoms with Gasteiger partial charge in [0.15, 0.2) is 0 Å². The van der Waals surface area contributed by atoms with Crippen molar-refractivity contribution in [3.8, 4) is 5.75 Å². The summed E-state index contributed by atoms with van der Waals surface area (Å²) in [6.07, 6.45) is 5.35. The van der Waals surface area contributed by atoms with Crippen LogP contribution in [0.1, 0.15) is 32.3 Å². The van der Waals surface area contributed by atoms with Gasteiger partial charge in [-0.2, -0.15) is 0 Å². The highest BCUT2D eigenvalue weighted by atomic mass is 16.5. The van der Waals surface area contributed by atoms with Crippen LogP contribution in [0.25, 0.3) is 16.8 Å². The van der Waals surface area contributed by atoms with Gasteiger partial charge in [0.05, 0.1) is 7.11 Å². The lowest BCUT2D eigenvalue weighted by atomic mass is 10.1. The minimum absolute atomic E-state index is 0.0384. The molecule has 2 aromatic rings. The average molecular weight is 297 g/mol. The van der Waals surface area contributed by atoms with E-state index < -0.39 is 0 Å². The zero-order valence-electron chi connectivity index (χ0n) is 13.4. The number of fused-ring (bicyclic) bond motifs is 1. The van der Waals surface area contributed by atoms with Gasteiger partial charge in [0.25, 0.3) is 0 Å². The van der Waals surface area contributed by atoms with Crippen LogP contribution in [-0.4, -0.2) is 19.1 Å². The zero-order chi connectivity index (χ0) is 15.9. The molecule has 0 atom stereocenters. The van der Waals surface area contributed by atoms with Crippen molar-refractivity contribution in [3.05, 3.63) is 48.0 Å². The van der Waals surface area contributed by atoms with Gasteiger partial charge in [0.1, 0.15) is 5.75 Å². The molecule has 0 spiro atoms. The lowest BCUT2D eigenvalue weighted by molar-refractivity contribution is -0.117. The summed E-state index contributed by atoms with van der Waals surface area (Å²) in [4.78, 5) is 11.9. The number of amides is 1. The molecule has 116 valence electrons. The van der Waals surface area contributed by atoms with Crippen LogP contribution in [-0.2, 0) is 4.79 Å². The first kappa shape index (κ1) is 16.1. The molecule has 0 heterocycles. The molecule has 0 fully saturated rings. The highest BCUT2D eigenvalue weighted by Gasteiger charge is 2.05. The zero-order valence-corrected chi connectivity index (χ0v) is 13.4. The highest BCUT2D eigenvalue weighted by Crippen LogP contribution is 2.22. The number of methoxy groups -OCH3 is 1. The topological polar surface area (TPSA) is 38.3 Å².